The van der Waals surface area contributed by atoms with Crippen LogP contribution in [0.15, 0.2) is 30.3 Å². The van der Waals surface area contributed by atoms with E-state index in [1.54, 1.807) is 0 Å². The van der Waals surface area contributed by atoms with Crippen LogP contribution in [0.3, 0.4) is 0 Å². The Bertz CT molecular complexity index is 529. The average molecular weight is 312 g/mol. The fourth-order valence-corrected chi connectivity index (χ4v) is 2.73. The largest absolute Gasteiger partial charge is 0.351 e. The molecule has 0 aliphatic rings. The number of unbranched alkanes of at least 4 members (excludes halogenated alkanes) is 2. The molecule has 1 rings (SSSR count). The maximum Gasteiger partial charge on any atom is 0.235 e. The van der Waals surface area contributed by atoms with E-state index in [1.807, 2.05) is 30.3 Å². The molecule has 0 aromatic heterocycles. The third kappa shape index (κ3) is 7.24. The number of rotatable bonds is 9. The molecule has 0 saturated carbocycles. The summed E-state index contributed by atoms with van der Waals surface area (Å²) in [6, 6.07) is 9.53. The molecule has 118 valence electrons. The summed E-state index contributed by atoms with van der Waals surface area (Å²) in [4.78, 5) is 11.9. The lowest BCUT2D eigenvalue weighted by molar-refractivity contribution is -0.121. The maximum atomic E-state index is 11.9. The Morgan fingerprint density at radius 3 is 2.43 bits per heavy atom. The normalized spacial score (nSPS) is 11.6. The van der Waals surface area contributed by atoms with Gasteiger partial charge >= 0.3 is 0 Å². The first-order valence-corrected chi connectivity index (χ1v) is 9.04. The van der Waals surface area contributed by atoms with Gasteiger partial charge in [-0.15, -0.1) is 0 Å². The van der Waals surface area contributed by atoms with Crippen molar-refractivity contribution in [3.8, 4) is 0 Å². The fraction of sp³-hybridized carbons (Fsp3) is 0.533. The third-order valence-electron chi connectivity index (χ3n) is 3.13. The first kappa shape index (κ1) is 17.7. The third-order valence-corrected chi connectivity index (χ3v) is 4.38. The van der Waals surface area contributed by atoms with Crippen molar-refractivity contribution in [1.82, 2.24) is 9.62 Å². The van der Waals surface area contributed by atoms with Crippen molar-refractivity contribution in [1.29, 1.82) is 0 Å². The summed E-state index contributed by atoms with van der Waals surface area (Å²) >= 11 is 0. The lowest BCUT2D eigenvalue weighted by atomic mass is 10.2. The molecule has 5 nitrogen and oxygen atoms in total. The van der Waals surface area contributed by atoms with Crippen LogP contribution in [0, 0.1) is 0 Å². The van der Waals surface area contributed by atoms with Crippen LogP contribution in [0.2, 0.25) is 0 Å². The molecule has 0 heterocycles. The summed E-state index contributed by atoms with van der Waals surface area (Å²) in [5.41, 5.74) is 0.989. The van der Waals surface area contributed by atoms with Gasteiger partial charge in [0.1, 0.15) is 0 Å². The van der Waals surface area contributed by atoms with Gasteiger partial charge in [-0.2, -0.15) is 4.31 Å². The highest BCUT2D eigenvalue weighted by molar-refractivity contribution is 7.88. The van der Waals surface area contributed by atoms with Crippen LogP contribution < -0.4 is 5.32 Å². The number of carbonyl (C=O) groups is 1. The van der Waals surface area contributed by atoms with Gasteiger partial charge in [0.15, 0.2) is 0 Å². The Balaban J connectivity index is 2.48. The van der Waals surface area contributed by atoms with Crippen molar-refractivity contribution in [2.45, 2.75) is 32.7 Å². The molecular formula is C15H24N2O3S. The molecule has 0 atom stereocenters. The summed E-state index contributed by atoms with van der Waals surface area (Å²) in [6.07, 6.45) is 3.88. The molecule has 1 amide bonds. The number of sulfonamides is 1. The molecule has 0 saturated heterocycles. The number of nitrogens with zero attached hydrogens (tertiary/aromatic N) is 1. The number of benzene rings is 1. The van der Waals surface area contributed by atoms with Gasteiger partial charge in [-0.3, -0.25) is 4.79 Å². The summed E-state index contributed by atoms with van der Waals surface area (Å²) < 4.78 is 24.6. The van der Waals surface area contributed by atoms with E-state index in [2.05, 4.69) is 12.2 Å². The van der Waals surface area contributed by atoms with Gasteiger partial charge in [0.25, 0.3) is 0 Å². The molecule has 0 aliphatic heterocycles. The van der Waals surface area contributed by atoms with E-state index < -0.39 is 10.0 Å². The number of hydrogen-bond acceptors (Lipinski definition) is 3. The zero-order chi connectivity index (χ0) is 15.7. The molecule has 0 radical (unpaired) electrons. The monoisotopic (exact) mass is 312 g/mol. The van der Waals surface area contributed by atoms with E-state index in [-0.39, 0.29) is 12.5 Å². The Hall–Kier alpha value is -1.40. The number of nitrogens with one attached hydrogen (secondary N) is 1. The van der Waals surface area contributed by atoms with Gasteiger partial charge in [0, 0.05) is 13.1 Å². The quantitative estimate of drug-likeness (QED) is 0.707. The molecule has 6 heteroatoms. The van der Waals surface area contributed by atoms with Gasteiger partial charge in [-0.1, -0.05) is 50.1 Å². The van der Waals surface area contributed by atoms with Gasteiger partial charge in [0.2, 0.25) is 15.9 Å². The van der Waals surface area contributed by atoms with E-state index in [9.17, 15) is 13.2 Å². The number of carbonyl (C=O) groups excluding carboxylic acids is 1. The van der Waals surface area contributed by atoms with Crippen LogP contribution in [-0.4, -0.2) is 38.0 Å². The van der Waals surface area contributed by atoms with E-state index in [0.717, 1.165) is 31.1 Å². The van der Waals surface area contributed by atoms with Crippen molar-refractivity contribution < 1.29 is 13.2 Å². The second-order valence-electron chi connectivity index (χ2n) is 5.07. The van der Waals surface area contributed by atoms with E-state index in [4.69, 9.17) is 0 Å². The summed E-state index contributed by atoms with van der Waals surface area (Å²) in [5, 5.41) is 2.75. The molecular weight excluding hydrogens is 288 g/mol. The number of hydrogen-bond donors (Lipinski definition) is 1. The maximum absolute atomic E-state index is 11.9. The zero-order valence-corrected chi connectivity index (χ0v) is 13.5. The van der Waals surface area contributed by atoms with Crippen LogP contribution in [0.25, 0.3) is 0 Å². The van der Waals surface area contributed by atoms with E-state index in [0.29, 0.717) is 13.1 Å². The predicted molar refractivity (Wildman–Crippen MR) is 84.2 cm³/mol. The summed E-state index contributed by atoms with van der Waals surface area (Å²) in [5.74, 6) is -0.277. The first-order chi connectivity index (χ1) is 9.93. The highest BCUT2D eigenvalue weighted by atomic mass is 32.2. The lowest BCUT2D eigenvalue weighted by Crippen LogP contribution is -2.40. The van der Waals surface area contributed by atoms with Gasteiger partial charge < -0.3 is 5.32 Å². The molecule has 0 aliphatic carbocycles. The Kier molecular flexibility index (Phi) is 7.39. The Morgan fingerprint density at radius 2 is 1.86 bits per heavy atom. The molecule has 0 unspecified atom stereocenters. The topological polar surface area (TPSA) is 66.5 Å². The molecule has 21 heavy (non-hydrogen) atoms. The SMILES string of the molecule is CCCCCN(CC(=O)NCc1ccccc1)S(C)(=O)=O. The highest BCUT2D eigenvalue weighted by Gasteiger charge is 2.19. The highest BCUT2D eigenvalue weighted by Crippen LogP contribution is 2.03. The zero-order valence-electron chi connectivity index (χ0n) is 12.7. The standard InChI is InChI=1S/C15H24N2O3S/c1-3-4-8-11-17(21(2,19)20)13-15(18)16-12-14-9-6-5-7-10-14/h5-7,9-10H,3-4,8,11-13H2,1-2H3,(H,16,18). The molecule has 0 fully saturated rings. The van der Waals surface area contributed by atoms with E-state index >= 15 is 0 Å². The van der Waals surface area contributed by atoms with Crippen molar-refractivity contribution in [3.05, 3.63) is 35.9 Å². The van der Waals surface area contributed by atoms with Crippen LogP contribution in [0.4, 0.5) is 0 Å². The van der Waals surface area contributed by atoms with Crippen molar-refractivity contribution in [2.24, 2.45) is 0 Å². The fourth-order valence-electron chi connectivity index (χ4n) is 1.91. The second-order valence-corrected chi connectivity index (χ2v) is 7.05. The molecule has 1 N–H and O–H groups in total. The Labute approximate surface area is 127 Å². The summed E-state index contributed by atoms with van der Waals surface area (Å²) in [7, 11) is -3.35. The number of amides is 1. The minimum atomic E-state index is -3.35. The molecule has 0 spiro atoms. The van der Waals surface area contributed by atoms with Crippen LogP contribution in [-0.2, 0) is 21.4 Å². The van der Waals surface area contributed by atoms with Crippen molar-refractivity contribution >= 4 is 15.9 Å². The minimum absolute atomic E-state index is 0.116. The van der Waals surface area contributed by atoms with E-state index in [1.165, 1.54) is 4.31 Å². The van der Waals surface area contributed by atoms with Crippen molar-refractivity contribution in [3.63, 3.8) is 0 Å². The van der Waals surface area contributed by atoms with Crippen LogP contribution in [0.5, 0.6) is 0 Å². The van der Waals surface area contributed by atoms with Crippen LogP contribution in [0.1, 0.15) is 31.7 Å². The molecule has 1 aromatic carbocycles. The predicted octanol–water partition coefficient (Wildman–Crippen LogP) is 1.75. The summed E-state index contributed by atoms with van der Waals surface area (Å²) in [6.45, 7) is 2.74. The van der Waals surface area contributed by atoms with Crippen molar-refractivity contribution in [2.75, 3.05) is 19.3 Å². The Morgan fingerprint density at radius 1 is 1.19 bits per heavy atom. The van der Waals surface area contributed by atoms with Gasteiger partial charge in [0.05, 0.1) is 12.8 Å². The average Bonchev–Trinajstić information content (AvgIpc) is 2.44. The minimum Gasteiger partial charge on any atom is -0.351 e. The van der Waals surface area contributed by atoms with Gasteiger partial charge in [-0.05, 0) is 12.0 Å². The first-order valence-electron chi connectivity index (χ1n) is 7.19. The lowest BCUT2D eigenvalue weighted by Gasteiger charge is -2.19. The van der Waals surface area contributed by atoms with Gasteiger partial charge in [-0.25, -0.2) is 8.42 Å². The van der Waals surface area contributed by atoms with Crippen LogP contribution >= 0.6 is 0 Å². The second kappa shape index (κ2) is 8.79. The smallest absolute Gasteiger partial charge is 0.235 e. The molecule has 0 bridgehead atoms. The molecule has 1 aromatic rings.